The summed E-state index contributed by atoms with van der Waals surface area (Å²) in [5, 5.41) is 0.728. The molecule has 1 aromatic carbocycles. The van der Waals surface area contributed by atoms with Crippen LogP contribution in [0.1, 0.15) is 19.8 Å². The third-order valence-corrected chi connectivity index (χ3v) is 7.23. The summed E-state index contributed by atoms with van der Waals surface area (Å²) in [7, 11) is 0. The van der Waals surface area contributed by atoms with Crippen LogP contribution in [0.25, 0.3) is 0 Å². The van der Waals surface area contributed by atoms with Gasteiger partial charge in [0.2, 0.25) is 11.8 Å². The van der Waals surface area contributed by atoms with Gasteiger partial charge in [0.15, 0.2) is 0 Å². The van der Waals surface area contributed by atoms with Crippen molar-refractivity contribution >= 4 is 40.9 Å². The van der Waals surface area contributed by atoms with E-state index in [1.807, 2.05) is 34.1 Å². The zero-order chi connectivity index (χ0) is 17.6. The van der Waals surface area contributed by atoms with E-state index in [0.29, 0.717) is 19.5 Å². The molecular formula is C18H22ClN3O2S. The first-order chi connectivity index (χ1) is 12.0. The number of halogens is 1. The maximum Gasteiger partial charge on any atom is 0.246 e. The van der Waals surface area contributed by atoms with Crippen LogP contribution in [0.4, 0.5) is 5.69 Å². The maximum absolute atomic E-state index is 13.0. The summed E-state index contributed by atoms with van der Waals surface area (Å²) in [6.45, 7) is 5.04. The molecule has 0 radical (unpaired) electrons. The smallest absolute Gasteiger partial charge is 0.246 e. The SMILES string of the molecule is C[C@]12CCC(=O)N1[C@@H](C(=O)N1CCN(c3cccc(Cl)c3)CC1)CS2. The lowest BCUT2D eigenvalue weighted by Crippen LogP contribution is -2.56. The van der Waals surface area contributed by atoms with Crippen molar-refractivity contribution in [3.63, 3.8) is 0 Å². The Morgan fingerprint density at radius 2 is 2.04 bits per heavy atom. The van der Waals surface area contributed by atoms with Crippen LogP contribution < -0.4 is 4.90 Å². The molecule has 2 amide bonds. The Bertz CT molecular complexity index is 707. The Morgan fingerprint density at radius 1 is 1.28 bits per heavy atom. The van der Waals surface area contributed by atoms with Crippen LogP contribution in [0.5, 0.6) is 0 Å². The van der Waals surface area contributed by atoms with E-state index in [4.69, 9.17) is 11.6 Å². The predicted molar refractivity (Wildman–Crippen MR) is 101 cm³/mol. The van der Waals surface area contributed by atoms with Crippen LogP contribution in [0.15, 0.2) is 24.3 Å². The van der Waals surface area contributed by atoms with Gasteiger partial charge in [0.1, 0.15) is 6.04 Å². The number of nitrogens with zero attached hydrogens (tertiary/aromatic N) is 3. The highest BCUT2D eigenvalue weighted by Gasteiger charge is 2.53. The molecule has 0 unspecified atom stereocenters. The Labute approximate surface area is 157 Å². The van der Waals surface area contributed by atoms with Gasteiger partial charge in [-0.1, -0.05) is 17.7 Å². The van der Waals surface area contributed by atoms with Crippen molar-refractivity contribution in [3.8, 4) is 0 Å². The quantitative estimate of drug-likeness (QED) is 0.791. The standard InChI is InChI=1S/C18H22ClN3O2S/c1-18-6-5-16(23)22(18)15(12-25-18)17(24)21-9-7-20(8-10-21)14-4-2-3-13(19)11-14/h2-4,11,15H,5-10,12H2,1H3/t15-,18+/m1/s1. The highest BCUT2D eigenvalue weighted by molar-refractivity contribution is 8.01. The number of amides is 2. The Balaban J connectivity index is 1.41. The number of fused-ring (bicyclic) bond motifs is 1. The molecule has 3 saturated heterocycles. The van der Waals surface area contributed by atoms with Gasteiger partial charge in [-0.05, 0) is 31.5 Å². The van der Waals surface area contributed by atoms with Crippen LogP contribution in [0.3, 0.4) is 0 Å². The zero-order valence-electron chi connectivity index (χ0n) is 14.3. The molecule has 3 heterocycles. The van der Waals surface area contributed by atoms with Gasteiger partial charge in [-0.15, -0.1) is 11.8 Å². The van der Waals surface area contributed by atoms with Crippen molar-refractivity contribution in [1.29, 1.82) is 0 Å². The summed E-state index contributed by atoms with van der Waals surface area (Å²) < 4.78 is 0. The monoisotopic (exact) mass is 379 g/mol. The molecule has 7 heteroatoms. The fourth-order valence-corrected chi connectivity index (χ4v) is 5.68. The first-order valence-corrected chi connectivity index (χ1v) is 10.1. The number of piperazine rings is 1. The van der Waals surface area contributed by atoms with E-state index in [2.05, 4.69) is 11.8 Å². The Kier molecular flexibility index (Phi) is 4.36. The van der Waals surface area contributed by atoms with Crippen molar-refractivity contribution < 1.29 is 9.59 Å². The van der Waals surface area contributed by atoms with Gasteiger partial charge < -0.3 is 14.7 Å². The highest BCUT2D eigenvalue weighted by atomic mass is 35.5. The molecule has 2 atom stereocenters. The van der Waals surface area contributed by atoms with Gasteiger partial charge in [-0.25, -0.2) is 0 Å². The lowest BCUT2D eigenvalue weighted by atomic mass is 10.1. The molecule has 3 aliphatic rings. The van der Waals surface area contributed by atoms with E-state index in [9.17, 15) is 9.59 Å². The fraction of sp³-hybridized carbons (Fsp3) is 0.556. The van der Waals surface area contributed by atoms with Crippen molar-refractivity contribution in [2.45, 2.75) is 30.7 Å². The number of benzene rings is 1. The lowest BCUT2D eigenvalue weighted by Gasteiger charge is -2.39. The number of hydrogen-bond acceptors (Lipinski definition) is 4. The van der Waals surface area contributed by atoms with Crippen molar-refractivity contribution in [2.24, 2.45) is 0 Å². The molecule has 134 valence electrons. The summed E-state index contributed by atoms with van der Waals surface area (Å²) in [4.78, 5) is 31.1. The second-order valence-corrected chi connectivity index (χ2v) is 9.00. The second-order valence-electron chi connectivity index (χ2n) is 7.06. The lowest BCUT2D eigenvalue weighted by molar-refractivity contribution is -0.143. The normalized spacial score (nSPS) is 29.3. The number of anilines is 1. The number of thioether (sulfide) groups is 1. The molecule has 5 nitrogen and oxygen atoms in total. The molecular weight excluding hydrogens is 358 g/mol. The average Bonchev–Trinajstić information content (AvgIpc) is 3.11. The molecule has 3 fully saturated rings. The van der Waals surface area contributed by atoms with Crippen LogP contribution in [0.2, 0.25) is 5.02 Å². The average molecular weight is 380 g/mol. The highest BCUT2D eigenvalue weighted by Crippen LogP contribution is 2.47. The number of rotatable bonds is 2. The Morgan fingerprint density at radius 3 is 2.76 bits per heavy atom. The molecule has 0 aliphatic carbocycles. The summed E-state index contributed by atoms with van der Waals surface area (Å²) in [5.74, 6) is 0.955. The van der Waals surface area contributed by atoms with E-state index in [1.54, 1.807) is 11.8 Å². The van der Waals surface area contributed by atoms with Crippen LogP contribution in [-0.4, -0.2) is 64.5 Å². The van der Waals surface area contributed by atoms with Gasteiger partial charge in [-0.2, -0.15) is 0 Å². The van der Waals surface area contributed by atoms with E-state index in [-0.39, 0.29) is 22.7 Å². The molecule has 4 rings (SSSR count). The van der Waals surface area contributed by atoms with Crippen LogP contribution in [-0.2, 0) is 9.59 Å². The topological polar surface area (TPSA) is 43.9 Å². The molecule has 25 heavy (non-hydrogen) atoms. The van der Waals surface area contributed by atoms with E-state index in [1.165, 1.54) is 0 Å². The summed E-state index contributed by atoms with van der Waals surface area (Å²) in [5.41, 5.74) is 1.10. The van der Waals surface area contributed by atoms with Gasteiger partial charge in [0.25, 0.3) is 0 Å². The first-order valence-electron chi connectivity index (χ1n) is 8.73. The van der Waals surface area contributed by atoms with Crippen LogP contribution >= 0.6 is 23.4 Å². The minimum atomic E-state index is -0.289. The molecule has 0 bridgehead atoms. The van der Waals surface area contributed by atoms with Gasteiger partial charge >= 0.3 is 0 Å². The second kappa shape index (κ2) is 6.40. The molecule has 1 aromatic rings. The summed E-state index contributed by atoms with van der Waals surface area (Å²) in [6.07, 6.45) is 1.42. The summed E-state index contributed by atoms with van der Waals surface area (Å²) in [6, 6.07) is 7.53. The minimum Gasteiger partial charge on any atom is -0.368 e. The third-order valence-electron chi connectivity index (χ3n) is 5.49. The number of carbonyl (C=O) groups is 2. The van der Waals surface area contributed by atoms with E-state index < -0.39 is 0 Å². The number of hydrogen-bond donors (Lipinski definition) is 0. The van der Waals surface area contributed by atoms with Crippen LogP contribution in [0, 0.1) is 0 Å². The van der Waals surface area contributed by atoms with E-state index >= 15 is 0 Å². The molecule has 0 saturated carbocycles. The minimum absolute atomic E-state index is 0.109. The van der Waals surface area contributed by atoms with Gasteiger partial charge in [0.05, 0.1) is 4.87 Å². The molecule has 0 spiro atoms. The van der Waals surface area contributed by atoms with Crippen molar-refractivity contribution in [1.82, 2.24) is 9.80 Å². The van der Waals surface area contributed by atoms with E-state index in [0.717, 1.165) is 36.0 Å². The zero-order valence-corrected chi connectivity index (χ0v) is 15.9. The molecule has 0 N–H and O–H groups in total. The van der Waals surface area contributed by atoms with Crippen molar-refractivity contribution in [3.05, 3.63) is 29.3 Å². The first kappa shape index (κ1) is 17.0. The predicted octanol–water partition coefficient (Wildman–Crippen LogP) is 2.44. The number of carbonyl (C=O) groups excluding carboxylic acids is 2. The molecule has 0 aromatic heterocycles. The van der Waals surface area contributed by atoms with Crippen molar-refractivity contribution in [2.75, 3.05) is 36.8 Å². The van der Waals surface area contributed by atoms with Gasteiger partial charge in [0, 0.05) is 49.1 Å². The maximum atomic E-state index is 13.0. The summed E-state index contributed by atoms with van der Waals surface area (Å²) >= 11 is 7.83. The fourth-order valence-electron chi connectivity index (χ4n) is 4.07. The third kappa shape index (κ3) is 2.99. The molecule has 3 aliphatic heterocycles. The largest absolute Gasteiger partial charge is 0.368 e. The van der Waals surface area contributed by atoms with Gasteiger partial charge in [-0.3, -0.25) is 9.59 Å². The Hall–Kier alpha value is -1.40.